The van der Waals surface area contributed by atoms with Gasteiger partial charge in [-0.15, -0.1) is 0 Å². The summed E-state index contributed by atoms with van der Waals surface area (Å²) in [5.74, 6) is 0.0490. The Bertz CT molecular complexity index is 826. The summed E-state index contributed by atoms with van der Waals surface area (Å²) in [5, 5.41) is 6.06. The smallest absolute Gasteiger partial charge is 0.348 e. The summed E-state index contributed by atoms with van der Waals surface area (Å²) < 4.78 is 20.2. The van der Waals surface area contributed by atoms with Crippen LogP contribution in [0.2, 0.25) is 0 Å². The number of nitrogens with one attached hydrogen (secondary N) is 1. The van der Waals surface area contributed by atoms with E-state index in [0.717, 1.165) is 0 Å². The van der Waals surface area contributed by atoms with Gasteiger partial charge in [-0.05, 0) is 6.07 Å². The molecule has 0 aliphatic heterocycles. The van der Waals surface area contributed by atoms with Crippen LogP contribution in [0.15, 0.2) is 35.4 Å². The Kier molecular flexibility index (Phi) is 2.92. The quantitative estimate of drug-likeness (QED) is 0.737. The molecule has 2 aromatic heterocycles. The molecule has 102 valence electrons. The number of ether oxygens (including phenoxy) is 1. The first-order valence-electron chi connectivity index (χ1n) is 5.76. The van der Waals surface area contributed by atoms with Gasteiger partial charge in [0.25, 0.3) is 0 Å². The third-order valence-electron chi connectivity index (χ3n) is 2.75. The first-order chi connectivity index (χ1) is 9.67. The fourth-order valence-electron chi connectivity index (χ4n) is 1.73. The molecule has 0 fully saturated rings. The van der Waals surface area contributed by atoms with Crippen molar-refractivity contribution in [2.45, 2.75) is 6.54 Å². The summed E-state index contributed by atoms with van der Waals surface area (Å²) in [7, 11) is 0. The first-order valence-corrected chi connectivity index (χ1v) is 5.76. The molecule has 8 heteroatoms. The van der Waals surface area contributed by atoms with Crippen LogP contribution in [-0.2, 0) is 6.54 Å². The predicted molar refractivity (Wildman–Crippen MR) is 68.0 cm³/mol. The summed E-state index contributed by atoms with van der Waals surface area (Å²) in [4.78, 5) is 15.2. The maximum atomic E-state index is 13.6. The lowest BCUT2D eigenvalue weighted by Gasteiger charge is -2.06. The van der Waals surface area contributed by atoms with Crippen molar-refractivity contribution in [3.05, 3.63) is 52.5 Å². The van der Waals surface area contributed by atoms with Crippen molar-refractivity contribution in [3.63, 3.8) is 0 Å². The van der Waals surface area contributed by atoms with E-state index in [4.69, 9.17) is 10.5 Å². The second kappa shape index (κ2) is 4.74. The molecule has 2 heterocycles. The van der Waals surface area contributed by atoms with Gasteiger partial charge in [-0.3, -0.25) is 0 Å². The zero-order valence-corrected chi connectivity index (χ0v) is 10.2. The topological polar surface area (TPSA) is 98.3 Å². The molecule has 0 bridgehead atoms. The van der Waals surface area contributed by atoms with E-state index in [1.807, 2.05) is 0 Å². The Morgan fingerprint density at radius 1 is 1.40 bits per heavy atom. The lowest BCUT2D eigenvalue weighted by molar-refractivity contribution is 0.456. The Morgan fingerprint density at radius 2 is 2.25 bits per heavy atom. The Labute approximate surface area is 111 Å². The molecule has 1 aromatic carbocycles. The number of rotatable bonds is 3. The van der Waals surface area contributed by atoms with E-state index in [2.05, 4.69) is 15.2 Å². The fourth-order valence-corrected chi connectivity index (χ4v) is 1.73. The zero-order chi connectivity index (χ0) is 14.1. The number of hydrogen-bond donors (Lipinski definition) is 2. The number of benzene rings is 1. The molecule has 0 amide bonds. The molecule has 3 aromatic rings. The highest BCUT2D eigenvalue weighted by Crippen LogP contribution is 2.22. The van der Waals surface area contributed by atoms with Gasteiger partial charge < -0.3 is 10.5 Å². The molecule has 0 saturated carbocycles. The SMILES string of the molecule is NCc1ccc(Oc2cc3n[nH]c(=O)n3cn2)cc1F. The minimum Gasteiger partial charge on any atom is -0.439 e. The van der Waals surface area contributed by atoms with Gasteiger partial charge in [0.15, 0.2) is 5.65 Å². The van der Waals surface area contributed by atoms with Crippen molar-refractivity contribution in [1.29, 1.82) is 0 Å². The average Bonchev–Trinajstić information content (AvgIpc) is 2.80. The average molecular weight is 275 g/mol. The summed E-state index contributed by atoms with van der Waals surface area (Å²) in [6, 6.07) is 5.83. The van der Waals surface area contributed by atoms with Crippen LogP contribution in [0.5, 0.6) is 11.6 Å². The molecule has 7 nitrogen and oxygen atoms in total. The second-order valence-electron chi connectivity index (χ2n) is 4.04. The van der Waals surface area contributed by atoms with E-state index < -0.39 is 11.5 Å². The van der Waals surface area contributed by atoms with Crippen molar-refractivity contribution in [1.82, 2.24) is 19.6 Å². The lowest BCUT2D eigenvalue weighted by atomic mass is 10.2. The van der Waals surface area contributed by atoms with Crippen LogP contribution in [0.3, 0.4) is 0 Å². The Hall–Kier alpha value is -2.74. The zero-order valence-electron chi connectivity index (χ0n) is 10.2. The molecule has 3 N–H and O–H groups in total. The monoisotopic (exact) mass is 275 g/mol. The molecular weight excluding hydrogens is 265 g/mol. The van der Waals surface area contributed by atoms with Crippen molar-refractivity contribution >= 4 is 5.65 Å². The van der Waals surface area contributed by atoms with Gasteiger partial charge in [-0.2, -0.15) is 5.10 Å². The van der Waals surface area contributed by atoms with Crippen LogP contribution < -0.4 is 16.2 Å². The Morgan fingerprint density at radius 3 is 3.00 bits per heavy atom. The number of H-pyrrole nitrogens is 1. The molecule has 0 unspecified atom stereocenters. The molecule has 20 heavy (non-hydrogen) atoms. The molecule has 0 atom stereocenters. The number of nitrogens with two attached hydrogens (primary N) is 1. The molecule has 0 aliphatic carbocycles. The van der Waals surface area contributed by atoms with E-state index in [-0.39, 0.29) is 18.2 Å². The third kappa shape index (κ3) is 2.12. The van der Waals surface area contributed by atoms with E-state index in [0.29, 0.717) is 11.2 Å². The first kappa shape index (κ1) is 12.3. The van der Waals surface area contributed by atoms with E-state index in [1.54, 1.807) is 12.1 Å². The number of nitrogens with zero attached hydrogens (tertiary/aromatic N) is 3. The maximum absolute atomic E-state index is 13.6. The third-order valence-corrected chi connectivity index (χ3v) is 2.75. The fraction of sp³-hybridized carbons (Fsp3) is 0.0833. The number of aromatic amines is 1. The minimum atomic E-state index is -0.443. The van der Waals surface area contributed by atoms with Crippen LogP contribution >= 0.6 is 0 Å². The number of halogens is 1. The van der Waals surface area contributed by atoms with Crippen LogP contribution in [-0.4, -0.2) is 19.6 Å². The molecule has 3 rings (SSSR count). The van der Waals surface area contributed by atoms with Gasteiger partial charge in [0.05, 0.1) is 0 Å². The molecule has 0 spiro atoms. The van der Waals surface area contributed by atoms with Crippen molar-refractivity contribution in [3.8, 4) is 11.6 Å². The van der Waals surface area contributed by atoms with Crippen molar-refractivity contribution in [2.75, 3.05) is 0 Å². The van der Waals surface area contributed by atoms with E-state index in [9.17, 15) is 9.18 Å². The van der Waals surface area contributed by atoms with E-state index >= 15 is 0 Å². The van der Waals surface area contributed by atoms with Crippen molar-refractivity contribution < 1.29 is 9.13 Å². The number of hydrogen-bond acceptors (Lipinski definition) is 5. The van der Waals surface area contributed by atoms with Crippen LogP contribution in [0.25, 0.3) is 5.65 Å². The van der Waals surface area contributed by atoms with Gasteiger partial charge in [0, 0.05) is 24.2 Å². The summed E-state index contributed by atoms with van der Waals surface area (Å²) in [6.07, 6.45) is 1.28. The second-order valence-corrected chi connectivity index (χ2v) is 4.04. The number of aromatic nitrogens is 4. The molecule has 0 saturated heterocycles. The molecule has 0 radical (unpaired) electrons. The summed E-state index contributed by atoms with van der Waals surface area (Å²) in [5.41, 5.74) is 5.75. The summed E-state index contributed by atoms with van der Waals surface area (Å²) >= 11 is 0. The van der Waals surface area contributed by atoms with Crippen molar-refractivity contribution in [2.24, 2.45) is 5.73 Å². The largest absolute Gasteiger partial charge is 0.439 e. The lowest BCUT2D eigenvalue weighted by Crippen LogP contribution is -2.09. The minimum absolute atomic E-state index is 0.118. The maximum Gasteiger partial charge on any atom is 0.348 e. The van der Waals surface area contributed by atoms with Gasteiger partial charge in [-0.25, -0.2) is 23.7 Å². The molecular formula is C12H10FN5O2. The van der Waals surface area contributed by atoms with Gasteiger partial charge >= 0.3 is 5.69 Å². The van der Waals surface area contributed by atoms with Crippen LogP contribution in [0.1, 0.15) is 5.56 Å². The highest BCUT2D eigenvalue weighted by molar-refractivity contribution is 5.41. The predicted octanol–water partition coefficient (Wildman–Crippen LogP) is 0.808. The molecule has 0 aliphatic rings. The normalized spacial score (nSPS) is 10.9. The van der Waals surface area contributed by atoms with Crippen LogP contribution in [0, 0.1) is 5.82 Å². The van der Waals surface area contributed by atoms with Gasteiger partial charge in [0.1, 0.15) is 17.9 Å². The highest BCUT2D eigenvalue weighted by atomic mass is 19.1. The van der Waals surface area contributed by atoms with Gasteiger partial charge in [0.2, 0.25) is 5.88 Å². The number of fused-ring (bicyclic) bond motifs is 1. The van der Waals surface area contributed by atoms with E-state index in [1.165, 1.54) is 22.9 Å². The van der Waals surface area contributed by atoms with Crippen LogP contribution in [0.4, 0.5) is 4.39 Å². The Balaban J connectivity index is 1.92. The highest BCUT2D eigenvalue weighted by Gasteiger charge is 2.07. The summed E-state index contributed by atoms with van der Waals surface area (Å²) in [6.45, 7) is 0.118. The standard InChI is InChI=1S/C12H10FN5O2/c13-9-3-8(2-1-7(9)5-14)20-11-4-10-16-17-12(19)18(10)6-15-11/h1-4,6H,5,14H2,(H,17,19). The van der Waals surface area contributed by atoms with Gasteiger partial charge in [-0.1, -0.05) is 6.07 Å².